The lowest BCUT2D eigenvalue weighted by Crippen LogP contribution is -2.38. The van der Waals surface area contributed by atoms with Crippen LogP contribution < -0.4 is 10.9 Å². The van der Waals surface area contributed by atoms with Crippen LogP contribution in [0.15, 0.2) is 34.4 Å². The number of nitrogens with one attached hydrogen (secondary N) is 2. The Hall–Kier alpha value is -2.75. The predicted octanol–water partition coefficient (Wildman–Crippen LogP) is 3.34. The molecular weight excluding hydrogens is 464 g/mol. The van der Waals surface area contributed by atoms with E-state index in [0.717, 1.165) is 37.1 Å². The molecule has 0 aliphatic carbocycles. The van der Waals surface area contributed by atoms with Gasteiger partial charge in [0.2, 0.25) is 11.7 Å². The highest BCUT2D eigenvalue weighted by Gasteiger charge is 2.21. The van der Waals surface area contributed by atoms with Gasteiger partial charge in [-0.3, -0.25) is 14.4 Å². The van der Waals surface area contributed by atoms with Gasteiger partial charge in [-0.05, 0) is 41.8 Å². The number of likely N-dealkylation sites (tertiary alicyclic amines) is 1. The third kappa shape index (κ3) is 5.79. The van der Waals surface area contributed by atoms with E-state index >= 15 is 0 Å². The van der Waals surface area contributed by atoms with E-state index in [1.165, 1.54) is 11.3 Å². The van der Waals surface area contributed by atoms with Gasteiger partial charge >= 0.3 is 0 Å². The van der Waals surface area contributed by atoms with E-state index in [2.05, 4.69) is 15.3 Å². The molecule has 1 aliphatic heterocycles. The fourth-order valence-electron chi connectivity index (χ4n) is 3.88. The van der Waals surface area contributed by atoms with Gasteiger partial charge in [0.1, 0.15) is 4.83 Å². The Kier molecular flexibility index (Phi) is 7.42. The monoisotopic (exact) mass is 488 g/mol. The normalized spacial score (nSPS) is 14.5. The number of ether oxygens (including phenoxy) is 1. The SMILES string of the molecule is CC(=O)N1CCC(COCc2csc3nc(C(=O)NCc4cccc(Cl)c4)[nH]c(=O)c23)CC1. The number of aromatic amines is 1. The number of rotatable bonds is 7. The molecule has 1 saturated heterocycles. The van der Waals surface area contributed by atoms with Gasteiger partial charge in [0, 0.05) is 43.8 Å². The molecular formula is C23H25ClN4O4S. The maximum absolute atomic E-state index is 12.7. The second kappa shape index (κ2) is 10.5. The highest BCUT2D eigenvalue weighted by molar-refractivity contribution is 7.16. The van der Waals surface area contributed by atoms with Crippen molar-refractivity contribution in [1.29, 1.82) is 0 Å². The summed E-state index contributed by atoms with van der Waals surface area (Å²) < 4.78 is 5.88. The molecule has 1 fully saturated rings. The van der Waals surface area contributed by atoms with Crippen LogP contribution >= 0.6 is 22.9 Å². The summed E-state index contributed by atoms with van der Waals surface area (Å²) in [5.41, 5.74) is 1.25. The summed E-state index contributed by atoms with van der Waals surface area (Å²) in [6, 6.07) is 7.18. The molecule has 0 unspecified atom stereocenters. The largest absolute Gasteiger partial charge is 0.376 e. The molecule has 10 heteroatoms. The number of H-pyrrole nitrogens is 1. The van der Waals surface area contributed by atoms with Gasteiger partial charge in [-0.1, -0.05) is 23.7 Å². The van der Waals surface area contributed by atoms with Gasteiger partial charge in [0.05, 0.1) is 12.0 Å². The number of halogens is 1. The Labute approximate surface area is 199 Å². The van der Waals surface area contributed by atoms with Crippen LogP contribution in [0.5, 0.6) is 0 Å². The molecule has 174 valence electrons. The molecule has 0 radical (unpaired) electrons. The average molecular weight is 489 g/mol. The first-order chi connectivity index (χ1) is 15.9. The number of carbonyl (C=O) groups is 2. The van der Waals surface area contributed by atoms with Crippen LogP contribution in [0.3, 0.4) is 0 Å². The second-order valence-electron chi connectivity index (χ2n) is 8.13. The Bertz CT molecular complexity index is 1220. The molecule has 0 saturated carbocycles. The van der Waals surface area contributed by atoms with Crippen molar-refractivity contribution >= 4 is 45.0 Å². The van der Waals surface area contributed by atoms with E-state index in [-0.39, 0.29) is 23.8 Å². The summed E-state index contributed by atoms with van der Waals surface area (Å²) in [6.07, 6.45) is 1.83. The van der Waals surface area contributed by atoms with E-state index in [0.29, 0.717) is 34.4 Å². The molecule has 1 aliphatic rings. The molecule has 2 N–H and O–H groups in total. The predicted molar refractivity (Wildman–Crippen MR) is 127 cm³/mol. The first kappa shape index (κ1) is 23.4. The van der Waals surface area contributed by atoms with E-state index < -0.39 is 5.91 Å². The smallest absolute Gasteiger partial charge is 0.287 e. The molecule has 3 aromatic rings. The summed E-state index contributed by atoms with van der Waals surface area (Å²) in [4.78, 5) is 45.9. The van der Waals surface area contributed by atoms with Crippen molar-refractivity contribution in [1.82, 2.24) is 20.2 Å². The third-order valence-corrected chi connectivity index (χ3v) is 6.90. The van der Waals surface area contributed by atoms with E-state index in [4.69, 9.17) is 16.3 Å². The van der Waals surface area contributed by atoms with Crippen molar-refractivity contribution in [2.45, 2.75) is 32.9 Å². The number of aromatic nitrogens is 2. The maximum atomic E-state index is 12.7. The number of fused-ring (bicyclic) bond motifs is 1. The number of carbonyl (C=O) groups excluding carboxylic acids is 2. The van der Waals surface area contributed by atoms with Crippen molar-refractivity contribution < 1.29 is 14.3 Å². The van der Waals surface area contributed by atoms with Gasteiger partial charge in [0.25, 0.3) is 11.5 Å². The number of thiophene rings is 1. The minimum atomic E-state index is -0.461. The van der Waals surface area contributed by atoms with Gasteiger partial charge in [-0.2, -0.15) is 0 Å². The lowest BCUT2D eigenvalue weighted by molar-refractivity contribution is -0.130. The topological polar surface area (TPSA) is 104 Å². The molecule has 4 rings (SSSR count). The lowest BCUT2D eigenvalue weighted by atomic mass is 9.98. The van der Waals surface area contributed by atoms with Crippen LogP contribution in [0.4, 0.5) is 0 Å². The van der Waals surface area contributed by atoms with Gasteiger partial charge in [-0.25, -0.2) is 4.98 Å². The summed E-state index contributed by atoms with van der Waals surface area (Å²) in [5.74, 6) is 0.0261. The van der Waals surface area contributed by atoms with Crippen LogP contribution in [-0.4, -0.2) is 46.4 Å². The average Bonchev–Trinajstić information content (AvgIpc) is 3.21. The summed E-state index contributed by atoms with van der Waals surface area (Å²) >= 11 is 7.28. The molecule has 0 spiro atoms. The van der Waals surface area contributed by atoms with Crippen LogP contribution in [0.25, 0.3) is 10.2 Å². The molecule has 0 bridgehead atoms. The van der Waals surface area contributed by atoms with Gasteiger partial charge in [-0.15, -0.1) is 11.3 Å². The summed E-state index contributed by atoms with van der Waals surface area (Å²) in [5, 5.41) is 5.64. The third-order valence-electron chi connectivity index (χ3n) is 5.75. The van der Waals surface area contributed by atoms with E-state index in [1.807, 2.05) is 16.3 Å². The van der Waals surface area contributed by atoms with E-state index in [9.17, 15) is 14.4 Å². The molecule has 8 nitrogen and oxygen atoms in total. The maximum Gasteiger partial charge on any atom is 0.287 e. The molecule has 1 aromatic carbocycles. The highest BCUT2D eigenvalue weighted by Crippen LogP contribution is 2.23. The number of piperidine rings is 1. The lowest BCUT2D eigenvalue weighted by Gasteiger charge is -2.31. The van der Waals surface area contributed by atoms with Crippen molar-refractivity contribution in [2.75, 3.05) is 19.7 Å². The molecule has 2 aromatic heterocycles. The zero-order valence-electron chi connectivity index (χ0n) is 18.2. The Morgan fingerprint density at radius 2 is 2.12 bits per heavy atom. The van der Waals surface area contributed by atoms with Crippen LogP contribution in [0.2, 0.25) is 5.02 Å². The highest BCUT2D eigenvalue weighted by atomic mass is 35.5. The second-order valence-corrected chi connectivity index (χ2v) is 9.43. The first-order valence-electron chi connectivity index (χ1n) is 10.8. The Morgan fingerprint density at radius 3 is 2.85 bits per heavy atom. The molecule has 33 heavy (non-hydrogen) atoms. The quantitative estimate of drug-likeness (QED) is 0.530. The fourth-order valence-corrected chi connectivity index (χ4v) is 5.02. The summed E-state index contributed by atoms with van der Waals surface area (Å²) in [7, 11) is 0. The minimum absolute atomic E-state index is 0.0268. The van der Waals surface area contributed by atoms with Crippen molar-refractivity contribution in [3.05, 3.63) is 62.0 Å². The Balaban J connectivity index is 1.35. The standard InChI is InChI=1S/C23H25ClN4O4S/c1-14(29)28-7-5-15(6-8-28)11-32-12-17-13-33-23-19(17)21(30)26-20(27-23)22(31)25-10-16-3-2-4-18(24)9-16/h2-4,9,13,15H,5-8,10-12H2,1H3,(H,25,31)(H,26,27,30). The van der Waals surface area contributed by atoms with E-state index in [1.54, 1.807) is 25.1 Å². The Morgan fingerprint density at radius 1 is 1.33 bits per heavy atom. The molecule has 2 amide bonds. The van der Waals surface area contributed by atoms with Gasteiger partial charge in [0.15, 0.2) is 0 Å². The number of amides is 2. The number of benzene rings is 1. The summed E-state index contributed by atoms with van der Waals surface area (Å²) in [6.45, 7) is 4.28. The minimum Gasteiger partial charge on any atom is -0.376 e. The van der Waals surface area contributed by atoms with Crippen molar-refractivity contribution in [2.24, 2.45) is 5.92 Å². The number of nitrogens with zero attached hydrogens (tertiary/aromatic N) is 2. The van der Waals surface area contributed by atoms with Crippen molar-refractivity contribution in [3.8, 4) is 0 Å². The molecule has 0 atom stereocenters. The zero-order chi connectivity index (χ0) is 23.4. The van der Waals surface area contributed by atoms with Gasteiger partial charge < -0.3 is 19.9 Å². The van der Waals surface area contributed by atoms with Crippen LogP contribution in [-0.2, 0) is 22.7 Å². The number of hydrogen-bond acceptors (Lipinski definition) is 6. The zero-order valence-corrected chi connectivity index (χ0v) is 19.8. The molecule has 3 heterocycles. The number of hydrogen-bond donors (Lipinski definition) is 2. The van der Waals surface area contributed by atoms with Crippen LogP contribution in [0, 0.1) is 5.92 Å². The fraction of sp³-hybridized carbons (Fsp3) is 0.391. The van der Waals surface area contributed by atoms with Crippen molar-refractivity contribution in [3.63, 3.8) is 0 Å². The first-order valence-corrected chi connectivity index (χ1v) is 12.0. The van der Waals surface area contributed by atoms with Crippen LogP contribution in [0.1, 0.15) is 41.5 Å².